The molecule has 0 bridgehead atoms. The summed E-state index contributed by atoms with van der Waals surface area (Å²) in [5, 5.41) is 8.87. The Morgan fingerprint density at radius 2 is 1.45 bits per heavy atom. The zero-order valence-corrected chi connectivity index (χ0v) is 18.3. The molecule has 4 aromatic rings. The highest BCUT2D eigenvalue weighted by Crippen LogP contribution is 2.27. The second kappa shape index (κ2) is 9.13. The maximum atomic E-state index is 12.7. The molecule has 0 unspecified atom stereocenters. The van der Waals surface area contributed by atoms with Crippen LogP contribution in [0.5, 0.6) is 0 Å². The number of hydrazone groups is 1. The molecular weight excluding hydrogens is 380 g/mol. The smallest absolute Gasteiger partial charge is 0.247 e. The van der Waals surface area contributed by atoms with Crippen molar-refractivity contribution >= 4 is 33.7 Å². The van der Waals surface area contributed by atoms with Gasteiger partial charge >= 0.3 is 0 Å². The van der Waals surface area contributed by atoms with Crippen molar-refractivity contribution in [3.63, 3.8) is 0 Å². The fourth-order valence-electron chi connectivity index (χ4n) is 4.01. The minimum absolute atomic E-state index is 0.114. The highest BCUT2D eigenvalue weighted by Gasteiger charge is 2.15. The van der Waals surface area contributed by atoms with Crippen molar-refractivity contribution in [1.82, 2.24) is 5.43 Å². The van der Waals surface area contributed by atoms with Crippen LogP contribution in [0.25, 0.3) is 21.5 Å². The van der Waals surface area contributed by atoms with E-state index >= 15 is 0 Å². The summed E-state index contributed by atoms with van der Waals surface area (Å²) in [5.74, 6) is 0.234. The van der Waals surface area contributed by atoms with Gasteiger partial charge in [0.15, 0.2) is 0 Å². The van der Waals surface area contributed by atoms with Crippen molar-refractivity contribution in [2.75, 3.05) is 0 Å². The highest BCUT2D eigenvalue weighted by molar-refractivity contribution is 6.13. The lowest BCUT2D eigenvalue weighted by Gasteiger charge is -2.12. The van der Waals surface area contributed by atoms with Crippen molar-refractivity contribution in [2.24, 2.45) is 11.0 Å². The van der Waals surface area contributed by atoms with Crippen LogP contribution >= 0.6 is 0 Å². The van der Waals surface area contributed by atoms with Crippen LogP contribution in [0.2, 0.25) is 0 Å². The molecule has 0 heterocycles. The number of carbonyl (C=O) groups excluding carboxylic acids is 1. The molecule has 0 radical (unpaired) electrons. The fourth-order valence-corrected chi connectivity index (χ4v) is 4.01. The second-order valence-corrected chi connectivity index (χ2v) is 8.53. The second-order valence-electron chi connectivity index (χ2n) is 8.53. The van der Waals surface area contributed by atoms with Crippen LogP contribution in [-0.2, 0) is 11.2 Å². The van der Waals surface area contributed by atoms with Gasteiger partial charge < -0.3 is 0 Å². The first kappa shape index (κ1) is 20.8. The molecule has 0 saturated carbocycles. The van der Waals surface area contributed by atoms with Gasteiger partial charge in [-0.05, 0) is 58.0 Å². The molecule has 3 nitrogen and oxygen atoms in total. The third-order valence-electron chi connectivity index (χ3n) is 5.70. The molecule has 0 aliphatic rings. The minimum atomic E-state index is -0.269. The monoisotopic (exact) mass is 408 g/mol. The Bertz CT molecular complexity index is 1190. The number of hydrogen-bond donors (Lipinski definition) is 1. The van der Waals surface area contributed by atoms with Gasteiger partial charge in [0.05, 0.1) is 12.1 Å². The first-order valence-electron chi connectivity index (χ1n) is 10.8. The first-order chi connectivity index (χ1) is 15.0. The number of benzene rings is 4. The van der Waals surface area contributed by atoms with Crippen molar-refractivity contribution in [1.29, 1.82) is 0 Å². The van der Waals surface area contributed by atoms with E-state index in [0.717, 1.165) is 39.1 Å². The van der Waals surface area contributed by atoms with Gasteiger partial charge in [-0.1, -0.05) is 86.6 Å². The standard InChI is InChI=1S/C28H28N2O/c1-19(2)16-21-12-14-22(15-13-21)20(3)28(31)30-29-18-27-25-10-6-4-8-23(25)17-24-9-5-7-11-26(24)27/h4-15,17-20H,16H2,1-3H3,(H,30,31)/b29-18-/t20-/m0/s1. The zero-order valence-electron chi connectivity index (χ0n) is 18.3. The Labute approximate surface area is 183 Å². The summed E-state index contributed by atoms with van der Waals surface area (Å²) in [4.78, 5) is 12.7. The van der Waals surface area contributed by atoms with Crippen LogP contribution in [0.1, 0.15) is 43.4 Å². The Kier molecular flexibility index (Phi) is 6.13. The number of rotatable bonds is 6. The summed E-state index contributed by atoms with van der Waals surface area (Å²) in [7, 11) is 0. The molecule has 0 aliphatic carbocycles. The summed E-state index contributed by atoms with van der Waals surface area (Å²) < 4.78 is 0. The molecule has 1 N–H and O–H groups in total. The van der Waals surface area contributed by atoms with Gasteiger partial charge in [-0.15, -0.1) is 0 Å². The van der Waals surface area contributed by atoms with Crippen molar-refractivity contribution in [3.8, 4) is 0 Å². The lowest BCUT2D eigenvalue weighted by Crippen LogP contribution is -2.23. The number of nitrogens with zero attached hydrogens (tertiary/aromatic N) is 1. The molecule has 0 fully saturated rings. The molecule has 0 saturated heterocycles. The van der Waals surface area contributed by atoms with E-state index in [1.165, 1.54) is 5.56 Å². The Morgan fingerprint density at radius 3 is 2.03 bits per heavy atom. The lowest BCUT2D eigenvalue weighted by molar-refractivity contribution is -0.122. The normalized spacial score (nSPS) is 12.6. The van der Waals surface area contributed by atoms with E-state index in [4.69, 9.17) is 0 Å². The molecule has 1 amide bonds. The zero-order chi connectivity index (χ0) is 21.8. The van der Waals surface area contributed by atoms with Gasteiger partial charge in [-0.2, -0.15) is 5.10 Å². The number of hydrogen-bond acceptors (Lipinski definition) is 2. The van der Waals surface area contributed by atoms with E-state index in [-0.39, 0.29) is 11.8 Å². The number of carbonyl (C=O) groups is 1. The fraction of sp³-hybridized carbons (Fsp3) is 0.214. The molecule has 4 rings (SSSR count). The molecule has 1 atom stereocenters. The Balaban J connectivity index is 1.54. The van der Waals surface area contributed by atoms with Crippen molar-refractivity contribution in [3.05, 3.63) is 95.6 Å². The van der Waals surface area contributed by atoms with E-state index in [1.807, 2.05) is 43.3 Å². The van der Waals surface area contributed by atoms with E-state index in [0.29, 0.717) is 5.92 Å². The molecule has 156 valence electrons. The molecular formula is C28H28N2O. The van der Waals surface area contributed by atoms with Gasteiger partial charge in [0.1, 0.15) is 0 Å². The van der Waals surface area contributed by atoms with Crippen molar-refractivity contribution in [2.45, 2.75) is 33.1 Å². The van der Waals surface area contributed by atoms with Crippen LogP contribution in [0, 0.1) is 5.92 Å². The first-order valence-corrected chi connectivity index (χ1v) is 10.8. The lowest BCUT2D eigenvalue weighted by atomic mass is 9.96. The van der Waals surface area contributed by atoms with E-state index in [9.17, 15) is 4.79 Å². The predicted molar refractivity (Wildman–Crippen MR) is 131 cm³/mol. The summed E-state index contributed by atoms with van der Waals surface area (Å²) in [5.41, 5.74) is 6.04. The summed E-state index contributed by atoms with van der Waals surface area (Å²) in [6.07, 6.45) is 2.81. The van der Waals surface area contributed by atoms with Crippen LogP contribution in [0.4, 0.5) is 0 Å². The summed E-state index contributed by atoms with van der Waals surface area (Å²) >= 11 is 0. The summed E-state index contributed by atoms with van der Waals surface area (Å²) in [6, 6.07) is 27.0. The maximum Gasteiger partial charge on any atom is 0.247 e. The van der Waals surface area contributed by atoms with Crippen molar-refractivity contribution < 1.29 is 4.79 Å². The maximum absolute atomic E-state index is 12.7. The van der Waals surface area contributed by atoms with E-state index in [1.54, 1.807) is 6.21 Å². The Morgan fingerprint density at radius 1 is 0.871 bits per heavy atom. The molecule has 3 heteroatoms. The average molecular weight is 409 g/mol. The quantitative estimate of drug-likeness (QED) is 0.222. The molecule has 0 aromatic heterocycles. The van der Waals surface area contributed by atoms with Crippen LogP contribution in [-0.4, -0.2) is 12.1 Å². The number of fused-ring (bicyclic) bond motifs is 2. The van der Waals surface area contributed by atoms with Crippen LogP contribution in [0.15, 0.2) is 84.0 Å². The molecule has 4 aromatic carbocycles. The molecule has 0 aliphatic heterocycles. The van der Waals surface area contributed by atoms with E-state index in [2.05, 4.69) is 66.8 Å². The largest absolute Gasteiger partial charge is 0.272 e. The Hall–Kier alpha value is -3.46. The van der Waals surface area contributed by atoms with Gasteiger partial charge in [0, 0.05) is 5.56 Å². The van der Waals surface area contributed by atoms with Crippen LogP contribution < -0.4 is 5.43 Å². The van der Waals surface area contributed by atoms with Gasteiger partial charge in [0.2, 0.25) is 5.91 Å². The third-order valence-corrected chi connectivity index (χ3v) is 5.70. The van der Waals surface area contributed by atoms with E-state index < -0.39 is 0 Å². The number of amides is 1. The summed E-state index contributed by atoms with van der Waals surface area (Å²) in [6.45, 7) is 6.33. The minimum Gasteiger partial charge on any atom is -0.272 e. The topological polar surface area (TPSA) is 41.5 Å². The van der Waals surface area contributed by atoms with Gasteiger partial charge in [-0.3, -0.25) is 4.79 Å². The number of nitrogens with one attached hydrogen (secondary N) is 1. The predicted octanol–water partition coefficient (Wildman–Crippen LogP) is 6.45. The highest BCUT2D eigenvalue weighted by atomic mass is 16.2. The van der Waals surface area contributed by atoms with Gasteiger partial charge in [-0.25, -0.2) is 5.43 Å². The molecule has 31 heavy (non-hydrogen) atoms. The molecule has 0 spiro atoms. The van der Waals surface area contributed by atoms with Gasteiger partial charge in [0.25, 0.3) is 0 Å². The average Bonchev–Trinajstić information content (AvgIpc) is 2.78. The third kappa shape index (κ3) is 4.66. The SMILES string of the molecule is CC(C)Cc1ccc([C@H](C)C(=O)N/N=C\c2c3ccccc3cc3ccccc23)cc1. The van der Waals surface area contributed by atoms with Crippen LogP contribution in [0.3, 0.4) is 0 Å².